The van der Waals surface area contributed by atoms with E-state index in [0.717, 1.165) is 29.3 Å². The Kier molecular flexibility index (Phi) is 7.65. The van der Waals surface area contributed by atoms with Crippen molar-refractivity contribution < 1.29 is 24.1 Å². The van der Waals surface area contributed by atoms with Crippen molar-refractivity contribution >= 4 is 11.4 Å². The number of halogens is 1. The highest BCUT2D eigenvalue weighted by Gasteiger charge is 2.16. The lowest BCUT2D eigenvalue weighted by Gasteiger charge is -2.21. The van der Waals surface area contributed by atoms with E-state index in [4.69, 9.17) is 4.74 Å². The monoisotopic (exact) mass is 455 g/mol. The Labute approximate surface area is 189 Å². The molecule has 1 unspecified atom stereocenters. The van der Waals surface area contributed by atoms with Gasteiger partial charge in [-0.1, -0.05) is 36.4 Å². The second kappa shape index (κ2) is 10.6. The van der Waals surface area contributed by atoms with Crippen molar-refractivity contribution in [2.24, 2.45) is 0 Å². The second-order valence-electron chi connectivity index (χ2n) is 7.50. The molecule has 33 heavy (non-hydrogen) atoms. The van der Waals surface area contributed by atoms with E-state index in [1.165, 1.54) is 6.07 Å². The molecule has 0 aromatic heterocycles. The minimum atomic E-state index is -0.921. The predicted octanol–water partition coefficient (Wildman–Crippen LogP) is 4.18. The van der Waals surface area contributed by atoms with Gasteiger partial charge in [-0.3, -0.25) is 25.1 Å². The van der Waals surface area contributed by atoms with E-state index < -0.39 is 21.8 Å². The molecule has 0 heterocycles. The zero-order valence-electron chi connectivity index (χ0n) is 17.8. The fourth-order valence-electron chi connectivity index (χ4n) is 3.36. The number of benzene rings is 3. The zero-order chi connectivity index (χ0) is 24.0. The Morgan fingerprint density at radius 1 is 1.03 bits per heavy atom. The van der Waals surface area contributed by atoms with Gasteiger partial charge < -0.3 is 9.84 Å². The standard InChI is InChI=1S/C23H22FN3O6/c1-25(14-19(28)15-33-23-11-10-18(26(29)30)12-21(23)24)13-16-6-8-17(9-7-16)20-4-2-3-5-22(20)27(31)32/h2-12,19,28H,13-15H2,1H3. The molecule has 172 valence electrons. The first-order chi connectivity index (χ1) is 15.7. The largest absolute Gasteiger partial charge is 0.488 e. The van der Waals surface area contributed by atoms with Crippen LogP contribution in [-0.4, -0.2) is 46.2 Å². The molecule has 0 aliphatic rings. The number of para-hydroxylation sites is 1. The number of nitro groups is 2. The number of ether oxygens (including phenoxy) is 1. The molecule has 1 atom stereocenters. The van der Waals surface area contributed by atoms with E-state index in [9.17, 15) is 29.7 Å². The van der Waals surface area contributed by atoms with Gasteiger partial charge in [0.1, 0.15) is 12.7 Å². The average Bonchev–Trinajstić information content (AvgIpc) is 2.78. The molecule has 0 saturated carbocycles. The van der Waals surface area contributed by atoms with Crippen LogP contribution in [0.4, 0.5) is 15.8 Å². The van der Waals surface area contributed by atoms with Crippen LogP contribution in [0.2, 0.25) is 0 Å². The number of hydrogen-bond donors (Lipinski definition) is 1. The summed E-state index contributed by atoms with van der Waals surface area (Å²) in [5.41, 5.74) is 1.86. The number of nitro benzene ring substituents is 2. The molecule has 0 fully saturated rings. The summed E-state index contributed by atoms with van der Waals surface area (Å²) in [6.07, 6.45) is -0.921. The summed E-state index contributed by atoms with van der Waals surface area (Å²) in [6, 6.07) is 16.9. The van der Waals surface area contributed by atoms with Gasteiger partial charge in [-0.15, -0.1) is 0 Å². The van der Waals surface area contributed by atoms with Gasteiger partial charge in [0.2, 0.25) is 0 Å². The van der Waals surface area contributed by atoms with Crippen LogP contribution in [0.25, 0.3) is 11.1 Å². The van der Waals surface area contributed by atoms with Gasteiger partial charge in [-0.05, 0) is 30.3 Å². The maximum Gasteiger partial charge on any atom is 0.277 e. The summed E-state index contributed by atoms with van der Waals surface area (Å²) in [7, 11) is 1.80. The van der Waals surface area contributed by atoms with Crippen molar-refractivity contribution in [1.29, 1.82) is 0 Å². The Morgan fingerprint density at radius 2 is 1.73 bits per heavy atom. The predicted molar refractivity (Wildman–Crippen MR) is 119 cm³/mol. The van der Waals surface area contributed by atoms with E-state index in [1.54, 1.807) is 25.2 Å². The maximum atomic E-state index is 13.9. The van der Waals surface area contributed by atoms with Crippen LogP contribution in [0.3, 0.4) is 0 Å². The molecule has 0 radical (unpaired) electrons. The van der Waals surface area contributed by atoms with E-state index >= 15 is 0 Å². The molecule has 9 nitrogen and oxygen atoms in total. The number of aliphatic hydroxyl groups excluding tert-OH is 1. The van der Waals surface area contributed by atoms with Gasteiger partial charge in [-0.25, -0.2) is 4.39 Å². The first kappa shape index (κ1) is 23.8. The highest BCUT2D eigenvalue weighted by Crippen LogP contribution is 2.29. The number of hydrogen-bond acceptors (Lipinski definition) is 7. The lowest BCUT2D eigenvalue weighted by Crippen LogP contribution is -2.32. The highest BCUT2D eigenvalue weighted by atomic mass is 19.1. The molecule has 0 aliphatic heterocycles. The second-order valence-corrected chi connectivity index (χ2v) is 7.50. The lowest BCUT2D eigenvalue weighted by atomic mass is 10.0. The Hall–Kier alpha value is -3.89. The van der Waals surface area contributed by atoms with Crippen LogP contribution in [0, 0.1) is 26.0 Å². The molecule has 10 heteroatoms. The van der Waals surface area contributed by atoms with Crippen LogP contribution in [0.1, 0.15) is 5.56 Å². The van der Waals surface area contributed by atoms with Crippen LogP contribution < -0.4 is 4.74 Å². The van der Waals surface area contributed by atoms with Crippen molar-refractivity contribution in [2.45, 2.75) is 12.6 Å². The third-order valence-electron chi connectivity index (χ3n) is 4.90. The van der Waals surface area contributed by atoms with Crippen molar-refractivity contribution in [2.75, 3.05) is 20.2 Å². The Morgan fingerprint density at radius 3 is 2.36 bits per heavy atom. The molecule has 0 amide bonds. The van der Waals surface area contributed by atoms with E-state index in [2.05, 4.69) is 0 Å². The van der Waals surface area contributed by atoms with Crippen LogP contribution in [0.15, 0.2) is 66.7 Å². The Balaban J connectivity index is 1.54. The number of aliphatic hydroxyl groups is 1. The molecule has 0 aliphatic carbocycles. The quantitative estimate of drug-likeness (QED) is 0.360. The Bertz CT molecular complexity index is 1140. The van der Waals surface area contributed by atoms with Gasteiger partial charge in [0.25, 0.3) is 11.4 Å². The molecule has 3 aromatic rings. The summed E-state index contributed by atoms with van der Waals surface area (Å²) in [5.74, 6) is -1.05. The minimum Gasteiger partial charge on any atom is -0.488 e. The van der Waals surface area contributed by atoms with Gasteiger partial charge in [0.15, 0.2) is 11.6 Å². The zero-order valence-corrected chi connectivity index (χ0v) is 17.8. The summed E-state index contributed by atoms with van der Waals surface area (Å²) >= 11 is 0. The fraction of sp³-hybridized carbons (Fsp3) is 0.217. The number of likely N-dealkylation sites (N-methyl/N-ethyl adjacent to an activating group) is 1. The molecule has 3 aromatic carbocycles. The topological polar surface area (TPSA) is 119 Å². The molecular weight excluding hydrogens is 433 g/mol. The number of rotatable bonds is 10. The molecule has 3 rings (SSSR count). The summed E-state index contributed by atoms with van der Waals surface area (Å²) < 4.78 is 19.1. The van der Waals surface area contributed by atoms with Crippen molar-refractivity contribution in [1.82, 2.24) is 4.90 Å². The fourth-order valence-corrected chi connectivity index (χ4v) is 3.36. The van der Waals surface area contributed by atoms with E-state index in [1.807, 2.05) is 29.2 Å². The maximum absolute atomic E-state index is 13.9. The van der Waals surface area contributed by atoms with Crippen molar-refractivity contribution in [3.05, 3.63) is 98.3 Å². The first-order valence-electron chi connectivity index (χ1n) is 10.0. The van der Waals surface area contributed by atoms with Crippen LogP contribution >= 0.6 is 0 Å². The van der Waals surface area contributed by atoms with Crippen molar-refractivity contribution in [3.8, 4) is 16.9 Å². The van der Waals surface area contributed by atoms with E-state index in [-0.39, 0.29) is 30.3 Å². The van der Waals surface area contributed by atoms with E-state index in [0.29, 0.717) is 12.1 Å². The van der Waals surface area contributed by atoms with Gasteiger partial charge in [0, 0.05) is 25.2 Å². The summed E-state index contributed by atoms with van der Waals surface area (Å²) in [5, 5.41) is 32.1. The van der Waals surface area contributed by atoms with Gasteiger partial charge in [0.05, 0.1) is 21.5 Å². The third kappa shape index (κ3) is 6.31. The summed E-state index contributed by atoms with van der Waals surface area (Å²) in [6.45, 7) is 0.552. The van der Waals surface area contributed by atoms with Crippen LogP contribution in [0.5, 0.6) is 5.75 Å². The smallest absolute Gasteiger partial charge is 0.277 e. The minimum absolute atomic E-state index is 0.0370. The molecular formula is C23H22FN3O6. The molecule has 0 bridgehead atoms. The first-order valence-corrected chi connectivity index (χ1v) is 10.0. The van der Waals surface area contributed by atoms with Crippen molar-refractivity contribution in [3.63, 3.8) is 0 Å². The third-order valence-corrected chi connectivity index (χ3v) is 4.90. The summed E-state index contributed by atoms with van der Waals surface area (Å²) in [4.78, 5) is 22.6. The average molecular weight is 455 g/mol. The SMILES string of the molecule is CN(Cc1ccc(-c2ccccc2[N+](=O)[O-])cc1)CC(O)COc1ccc([N+](=O)[O-])cc1F. The number of nitrogens with zero attached hydrogens (tertiary/aromatic N) is 3. The normalized spacial score (nSPS) is 11.9. The van der Waals surface area contributed by atoms with Crippen LogP contribution in [-0.2, 0) is 6.54 Å². The van der Waals surface area contributed by atoms with Gasteiger partial charge in [-0.2, -0.15) is 0 Å². The molecule has 1 N–H and O–H groups in total. The molecule has 0 spiro atoms. The number of non-ortho nitro benzene ring substituents is 1. The highest BCUT2D eigenvalue weighted by molar-refractivity contribution is 5.73. The molecule has 0 saturated heterocycles. The van der Waals surface area contributed by atoms with Gasteiger partial charge >= 0.3 is 0 Å². The lowest BCUT2D eigenvalue weighted by molar-refractivity contribution is -0.385.